The number of aliphatic hydroxyl groups is 1. The maximum atomic E-state index is 8.98. The molecule has 0 rings (SSSR count). The number of rotatable bonds is 12. The Labute approximate surface area is 111 Å². The van der Waals surface area contributed by atoms with Gasteiger partial charge in [-0.1, -0.05) is 0 Å². The molecule has 0 heterocycles. The SMILES string of the molecule is CC(CCN(CCN)CCO)N(CCN)CCN. The Morgan fingerprint density at radius 1 is 0.889 bits per heavy atom. The normalized spacial score (nSPS) is 13.5. The fraction of sp³-hybridized carbons (Fsp3) is 1.00. The molecule has 0 aromatic carbocycles. The molecule has 0 radical (unpaired) electrons. The van der Waals surface area contributed by atoms with Gasteiger partial charge in [-0.25, -0.2) is 0 Å². The lowest BCUT2D eigenvalue weighted by molar-refractivity contribution is 0.162. The third-order valence-corrected chi connectivity index (χ3v) is 3.18. The summed E-state index contributed by atoms with van der Waals surface area (Å²) in [6, 6.07) is 0.455. The van der Waals surface area contributed by atoms with Gasteiger partial charge in [0.15, 0.2) is 0 Å². The Kier molecular flexibility index (Phi) is 11.7. The molecular weight excluding hydrogens is 230 g/mol. The van der Waals surface area contributed by atoms with Crippen LogP contribution in [0.2, 0.25) is 0 Å². The molecule has 0 amide bonds. The van der Waals surface area contributed by atoms with E-state index in [9.17, 15) is 0 Å². The fourth-order valence-corrected chi connectivity index (χ4v) is 2.10. The van der Waals surface area contributed by atoms with E-state index < -0.39 is 0 Å². The van der Waals surface area contributed by atoms with Crippen molar-refractivity contribution in [2.45, 2.75) is 19.4 Å². The zero-order valence-electron chi connectivity index (χ0n) is 11.7. The summed E-state index contributed by atoms with van der Waals surface area (Å²) in [6.45, 7) is 8.58. The van der Waals surface area contributed by atoms with Crippen LogP contribution in [0.15, 0.2) is 0 Å². The average molecular weight is 261 g/mol. The highest BCUT2D eigenvalue weighted by Gasteiger charge is 2.13. The van der Waals surface area contributed by atoms with Gasteiger partial charge in [-0.3, -0.25) is 9.80 Å². The van der Waals surface area contributed by atoms with Crippen LogP contribution in [-0.2, 0) is 0 Å². The molecular formula is C12H31N5O. The Balaban J connectivity index is 4.04. The molecule has 110 valence electrons. The van der Waals surface area contributed by atoms with Gasteiger partial charge in [0.05, 0.1) is 6.61 Å². The van der Waals surface area contributed by atoms with Crippen molar-refractivity contribution < 1.29 is 5.11 Å². The van der Waals surface area contributed by atoms with Crippen LogP contribution in [0.1, 0.15) is 13.3 Å². The highest BCUT2D eigenvalue weighted by molar-refractivity contribution is 4.70. The minimum Gasteiger partial charge on any atom is -0.395 e. The molecule has 0 aromatic rings. The van der Waals surface area contributed by atoms with Crippen molar-refractivity contribution in [3.63, 3.8) is 0 Å². The van der Waals surface area contributed by atoms with Crippen molar-refractivity contribution in [1.82, 2.24) is 9.80 Å². The maximum Gasteiger partial charge on any atom is 0.0558 e. The zero-order chi connectivity index (χ0) is 13.8. The largest absolute Gasteiger partial charge is 0.395 e. The lowest BCUT2D eigenvalue weighted by atomic mass is 10.2. The molecule has 0 saturated heterocycles. The third kappa shape index (κ3) is 7.97. The predicted molar refractivity (Wildman–Crippen MR) is 76.3 cm³/mol. The minimum atomic E-state index is 0.184. The van der Waals surface area contributed by atoms with Crippen LogP contribution in [0.25, 0.3) is 0 Å². The molecule has 6 nitrogen and oxygen atoms in total. The van der Waals surface area contributed by atoms with Crippen LogP contribution in [0.4, 0.5) is 0 Å². The molecule has 0 spiro atoms. The fourth-order valence-electron chi connectivity index (χ4n) is 2.10. The second-order valence-electron chi connectivity index (χ2n) is 4.60. The first-order chi connectivity index (χ1) is 8.69. The number of aliphatic hydroxyl groups excluding tert-OH is 1. The molecule has 18 heavy (non-hydrogen) atoms. The standard InChI is InChI=1S/C12H31N5O/c1-12(17(8-4-14)9-5-15)2-6-16(7-3-13)10-11-18/h12,18H,2-11,13-15H2,1H3. The summed E-state index contributed by atoms with van der Waals surface area (Å²) in [5.74, 6) is 0. The number of nitrogens with two attached hydrogens (primary N) is 3. The van der Waals surface area contributed by atoms with Crippen LogP contribution < -0.4 is 17.2 Å². The highest BCUT2D eigenvalue weighted by Crippen LogP contribution is 2.04. The van der Waals surface area contributed by atoms with E-state index in [2.05, 4.69) is 16.7 Å². The van der Waals surface area contributed by atoms with E-state index in [1.807, 2.05) is 0 Å². The highest BCUT2D eigenvalue weighted by atomic mass is 16.3. The van der Waals surface area contributed by atoms with E-state index in [0.717, 1.165) is 32.6 Å². The van der Waals surface area contributed by atoms with Gasteiger partial charge in [0.1, 0.15) is 0 Å². The van der Waals surface area contributed by atoms with Crippen molar-refractivity contribution in [2.75, 3.05) is 59.0 Å². The summed E-state index contributed by atoms with van der Waals surface area (Å²) < 4.78 is 0. The second-order valence-corrected chi connectivity index (χ2v) is 4.60. The lowest BCUT2D eigenvalue weighted by Gasteiger charge is -2.30. The van der Waals surface area contributed by atoms with Crippen molar-refractivity contribution >= 4 is 0 Å². The molecule has 0 aromatic heterocycles. The van der Waals surface area contributed by atoms with E-state index >= 15 is 0 Å². The third-order valence-electron chi connectivity index (χ3n) is 3.18. The first-order valence-corrected chi connectivity index (χ1v) is 6.87. The number of hydrogen-bond acceptors (Lipinski definition) is 6. The van der Waals surface area contributed by atoms with Crippen LogP contribution in [-0.4, -0.2) is 79.9 Å². The van der Waals surface area contributed by atoms with Crippen molar-refractivity contribution in [1.29, 1.82) is 0 Å². The summed E-state index contributed by atoms with van der Waals surface area (Å²) in [5, 5.41) is 8.98. The van der Waals surface area contributed by atoms with Crippen LogP contribution in [0, 0.1) is 0 Å². The van der Waals surface area contributed by atoms with Crippen LogP contribution in [0.5, 0.6) is 0 Å². The maximum absolute atomic E-state index is 8.98. The van der Waals surface area contributed by atoms with Crippen molar-refractivity contribution in [2.24, 2.45) is 17.2 Å². The quantitative estimate of drug-likeness (QED) is 0.332. The molecule has 7 N–H and O–H groups in total. The predicted octanol–water partition coefficient (Wildman–Crippen LogP) is -1.76. The zero-order valence-corrected chi connectivity index (χ0v) is 11.7. The van der Waals surface area contributed by atoms with Crippen LogP contribution >= 0.6 is 0 Å². The lowest BCUT2D eigenvalue weighted by Crippen LogP contribution is -2.42. The summed E-state index contributed by atoms with van der Waals surface area (Å²) in [6.07, 6.45) is 1.04. The van der Waals surface area contributed by atoms with E-state index in [1.54, 1.807) is 0 Å². The Morgan fingerprint density at radius 2 is 1.44 bits per heavy atom. The van der Waals surface area contributed by atoms with Gasteiger partial charge in [-0.15, -0.1) is 0 Å². The van der Waals surface area contributed by atoms with E-state index in [4.69, 9.17) is 22.3 Å². The van der Waals surface area contributed by atoms with E-state index in [1.165, 1.54) is 0 Å². The smallest absolute Gasteiger partial charge is 0.0558 e. The van der Waals surface area contributed by atoms with Gasteiger partial charge in [-0.05, 0) is 19.9 Å². The van der Waals surface area contributed by atoms with Crippen LogP contribution in [0.3, 0.4) is 0 Å². The first-order valence-electron chi connectivity index (χ1n) is 6.87. The second kappa shape index (κ2) is 11.8. The first kappa shape index (κ1) is 17.8. The minimum absolute atomic E-state index is 0.184. The molecule has 6 heteroatoms. The molecule has 0 aliphatic carbocycles. The van der Waals surface area contributed by atoms with Gasteiger partial charge < -0.3 is 22.3 Å². The average Bonchev–Trinajstić information content (AvgIpc) is 2.36. The summed E-state index contributed by atoms with van der Waals surface area (Å²) in [4.78, 5) is 4.51. The van der Waals surface area contributed by atoms with E-state index in [-0.39, 0.29) is 6.61 Å². The molecule has 0 aliphatic heterocycles. The van der Waals surface area contributed by atoms with Gasteiger partial charge >= 0.3 is 0 Å². The Bertz CT molecular complexity index is 170. The molecule has 0 bridgehead atoms. The molecule has 0 fully saturated rings. The molecule has 1 unspecified atom stereocenters. The van der Waals surface area contributed by atoms with Gasteiger partial charge in [0, 0.05) is 51.9 Å². The molecule has 0 aliphatic rings. The Morgan fingerprint density at radius 3 is 1.89 bits per heavy atom. The number of hydrogen-bond donors (Lipinski definition) is 4. The molecule has 0 saturated carbocycles. The molecule has 1 atom stereocenters. The van der Waals surface area contributed by atoms with E-state index in [0.29, 0.717) is 32.2 Å². The van der Waals surface area contributed by atoms with Gasteiger partial charge in [0.25, 0.3) is 0 Å². The monoisotopic (exact) mass is 261 g/mol. The summed E-state index contributed by atoms with van der Waals surface area (Å²) in [7, 11) is 0. The summed E-state index contributed by atoms with van der Waals surface area (Å²) in [5.41, 5.74) is 16.8. The topological polar surface area (TPSA) is 105 Å². The summed E-state index contributed by atoms with van der Waals surface area (Å²) >= 11 is 0. The van der Waals surface area contributed by atoms with Gasteiger partial charge in [-0.2, -0.15) is 0 Å². The number of nitrogens with zero attached hydrogens (tertiary/aromatic N) is 2. The van der Waals surface area contributed by atoms with Crippen molar-refractivity contribution in [3.05, 3.63) is 0 Å². The Hall–Kier alpha value is -0.240. The van der Waals surface area contributed by atoms with Gasteiger partial charge in [0.2, 0.25) is 0 Å². The van der Waals surface area contributed by atoms with Crippen molar-refractivity contribution in [3.8, 4) is 0 Å².